The monoisotopic (exact) mass is 213 g/mol. The molecule has 0 nitrogen and oxygen atoms in total. The van der Waals surface area contributed by atoms with Gasteiger partial charge in [0.05, 0.1) is 5.75 Å². The number of fused-ring (bicyclic) bond motifs is 1. The maximum Gasteiger partial charge on any atom is 0.0585 e. The molecule has 51 valence electrons. The molecule has 0 saturated heterocycles. The third-order valence-corrected chi connectivity index (χ3v) is 3.45. The Morgan fingerprint density at radius 2 is 2.20 bits per heavy atom. The molecule has 0 amide bonds. The van der Waals surface area contributed by atoms with E-state index in [0.717, 1.165) is 0 Å². The highest BCUT2D eigenvalue weighted by molar-refractivity contribution is 9.12. The molecule has 1 radical (unpaired) electrons. The lowest BCUT2D eigenvalue weighted by Crippen LogP contribution is -1.67. The van der Waals surface area contributed by atoms with E-state index in [2.05, 4.69) is 40.8 Å². The van der Waals surface area contributed by atoms with E-state index in [1.54, 1.807) is 11.8 Å². The molecule has 0 atom stereocenters. The fourth-order valence-electron chi connectivity index (χ4n) is 1.09. The van der Waals surface area contributed by atoms with Gasteiger partial charge >= 0.3 is 0 Å². The predicted molar refractivity (Wildman–Crippen MR) is 49.7 cm³/mol. The van der Waals surface area contributed by atoms with E-state index in [4.69, 9.17) is 0 Å². The second kappa shape index (κ2) is 2.28. The van der Waals surface area contributed by atoms with Gasteiger partial charge in [-0.05, 0) is 24.1 Å². The van der Waals surface area contributed by atoms with E-state index >= 15 is 0 Å². The topological polar surface area (TPSA) is 0 Å². The molecule has 0 spiro atoms. The average Bonchev–Trinajstić information content (AvgIpc) is 2.35. The molecule has 1 heterocycles. The van der Waals surface area contributed by atoms with E-state index in [0.29, 0.717) is 0 Å². The second-order valence-corrected chi connectivity index (χ2v) is 4.16. The fourth-order valence-corrected chi connectivity index (χ4v) is 2.73. The standard InChI is InChI=1S/C8H6BrS/c1-5-2-6-7(9)4-10-8(6)3-5/h2-4H,1H3. The summed E-state index contributed by atoms with van der Waals surface area (Å²) in [6, 6.07) is 0. The maximum atomic E-state index is 3.49. The van der Waals surface area contributed by atoms with Crippen LogP contribution >= 0.6 is 27.7 Å². The van der Waals surface area contributed by atoms with Crippen LogP contribution < -0.4 is 0 Å². The molecule has 1 aliphatic carbocycles. The number of thioether (sulfide) groups is 1. The van der Waals surface area contributed by atoms with Crippen LogP contribution in [0.1, 0.15) is 6.92 Å². The SMILES string of the molecule is CC1=CC2=C(Br)[CH]SC2=C1. The van der Waals surface area contributed by atoms with Crippen molar-refractivity contribution < 1.29 is 0 Å². The molecule has 0 unspecified atom stereocenters. The van der Waals surface area contributed by atoms with Crippen molar-refractivity contribution in [3.05, 3.63) is 38.4 Å². The highest BCUT2D eigenvalue weighted by atomic mass is 79.9. The van der Waals surface area contributed by atoms with E-state index in [9.17, 15) is 0 Å². The van der Waals surface area contributed by atoms with Gasteiger partial charge in [-0.3, -0.25) is 0 Å². The van der Waals surface area contributed by atoms with E-state index in [1.807, 2.05) is 0 Å². The summed E-state index contributed by atoms with van der Waals surface area (Å²) < 4.78 is 1.22. The van der Waals surface area contributed by atoms with Gasteiger partial charge in [0, 0.05) is 9.39 Å². The number of hydrogen-bond acceptors (Lipinski definition) is 1. The summed E-state index contributed by atoms with van der Waals surface area (Å²) in [5.74, 6) is 2.13. The Morgan fingerprint density at radius 1 is 1.40 bits per heavy atom. The summed E-state index contributed by atoms with van der Waals surface area (Å²) in [5, 5.41) is 0. The minimum absolute atomic E-state index is 1.22. The van der Waals surface area contributed by atoms with E-state index in [1.165, 1.54) is 20.5 Å². The highest BCUT2D eigenvalue weighted by Crippen LogP contribution is 2.46. The lowest BCUT2D eigenvalue weighted by Gasteiger charge is -1.87. The van der Waals surface area contributed by atoms with Gasteiger partial charge in [0.2, 0.25) is 0 Å². The Kier molecular flexibility index (Phi) is 1.53. The number of rotatable bonds is 0. The Hall–Kier alpha value is 0.0500. The minimum Gasteiger partial charge on any atom is -0.115 e. The Bertz CT molecular complexity index is 271. The van der Waals surface area contributed by atoms with Crippen molar-refractivity contribution in [1.29, 1.82) is 0 Å². The molecule has 0 aromatic heterocycles. The highest BCUT2D eigenvalue weighted by Gasteiger charge is 2.20. The van der Waals surface area contributed by atoms with Crippen molar-refractivity contribution in [2.45, 2.75) is 6.92 Å². The predicted octanol–water partition coefficient (Wildman–Crippen LogP) is 3.39. The smallest absolute Gasteiger partial charge is 0.0585 e. The van der Waals surface area contributed by atoms with Crippen molar-refractivity contribution in [3.63, 3.8) is 0 Å². The molecule has 2 rings (SSSR count). The van der Waals surface area contributed by atoms with Crippen LogP contribution in [0.5, 0.6) is 0 Å². The van der Waals surface area contributed by atoms with Crippen molar-refractivity contribution in [3.8, 4) is 0 Å². The first kappa shape index (κ1) is 6.74. The van der Waals surface area contributed by atoms with E-state index < -0.39 is 0 Å². The summed E-state index contributed by atoms with van der Waals surface area (Å²) in [6.07, 6.45) is 4.42. The van der Waals surface area contributed by atoms with Crippen LogP contribution in [-0.2, 0) is 0 Å². The average molecular weight is 214 g/mol. The second-order valence-electron chi connectivity index (χ2n) is 2.39. The molecule has 10 heavy (non-hydrogen) atoms. The van der Waals surface area contributed by atoms with Gasteiger partial charge in [-0.25, -0.2) is 0 Å². The molecule has 2 heteroatoms. The summed E-state index contributed by atoms with van der Waals surface area (Å²) in [5.41, 5.74) is 2.70. The molecule has 2 aliphatic rings. The maximum absolute atomic E-state index is 3.49. The first-order valence-electron chi connectivity index (χ1n) is 3.07. The van der Waals surface area contributed by atoms with Crippen LogP contribution in [0.3, 0.4) is 0 Å². The lowest BCUT2D eigenvalue weighted by atomic mass is 10.3. The molecule has 1 aliphatic heterocycles. The third kappa shape index (κ3) is 0.903. The fraction of sp³-hybridized carbons (Fsp3) is 0.125. The summed E-state index contributed by atoms with van der Waals surface area (Å²) in [7, 11) is 0. The third-order valence-electron chi connectivity index (χ3n) is 1.54. The first-order chi connectivity index (χ1) is 4.77. The van der Waals surface area contributed by atoms with Crippen LogP contribution in [0, 0.1) is 5.75 Å². The largest absolute Gasteiger partial charge is 0.115 e. The van der Waals surface area contributed by atoms with Gasteiger partial charge in [-0.2, -0.15) is 0 Å². The Labute approximate surface area is 73.2 Å². The normalized spacial score (nSPS) is 23.0. The van der Waals surface area contributed by atoms with Crippen LogP contribution in [-0.4, -0.2) is 0 Å². The zero-order valence-electron chi connectivity index (χ0n) is 5.52. The van der Waals surface area contributed by atoms with Crippen LogP contribution in [0.4, 0.5) is 0 Å². The minimum atomic E-state index is 1.22. The van der Waals surface area contributed by atoms with Gasteiger partial charge < -0.3 is 0 Å². The molecule has 0 N–H and O–H groups in total. The summed E-state index contributed by atoms with van der Waals surface area (Å²) in [6.45, 7) is 2.12. The van der Waals surface area contributed by atoms with Crippen LogP contribution in [0.25, 0.3) is 0 Å². The Morgan fingerprint density at radius 3 is 2.90 bits per heavy atom. The quantitative estimate of drug-likeness (QED) is 0.595. The number of hydrogen-bond donors (Lipinski definition) is 0. The zero-order valence-corrected chi connectivity index (χ0v) is 7.92. The van der Waals surface area contributed by atoms with Crippen molar-refractivity contribution in [2.75, 3.05) is 0 Å². The van der Waals surface area contributed by atoms with Crippen LogP contribution in [0.15, 0.2) is 32.7 Å². The summed E-state index contributed by atoms with van der Waals surface area (Å²) in [4.78, 5) is 1.38. The number of halogens is 1. The molecular weight excluding hydrogens is 208 g/mol. The van der Waals surface area contributed by atoms with Gasteiger partial charge in [0.25, 0.3) is 0 Å². The van der Waals surface area contributed by atoms with Gasteiger partial charge in [-0.1, -0.05) is 22.0 Å². The molecule has 0 fully saturated rings. The summed E-state index contributed by atoms with van der Waals surface area (Å²) >= 11 is 5.28. The Balaban J connectivity index is 2.51. The van der Waals surface area contributed by atoms with Crippen molar-refractivity contribution >= 4 is 27.7 Å². The molecule has 0 aromatic carbocycles. The molecular formula is C8H6BrS. The van der Waals surface area contributed by atoms with Gasteiger partial charge in [-0.15, -0.1) is 11.8 Å². The van der Waals surface area contributed by atoms with Crippen molar-refractivity contribution in [2.24, 2.45) is 0 Å². The van der Waals surface area contributed by atoms with Crippen molar-refractivity contribution in [1.82, 2.24) is 0 Å². The van der Waals surface area contributed by atoms with Gasteiger partial charge in [0.1, 0.15) is 0 Å². The first-order valence-corrected chi connectivity index (χ1v) is 4.74. The van der Waals surface area contributed by atoms with Gasteiger partial charge in [0.15, 0.2) is 0 Å². The lowest BCUT2D eigenvalue weighted by molar-refractivity contribution is 1.56. The van der Waals surface area contributed by atoms with Crippen LogP contribution in [0.2, 0.25) is 0 Å². The molecule has 0 aromatic rings. The zero-order chi connectivity index (χ0) is 7.14. The number of allylic oxidation sites excluding steroid dienone is 4. The molecule has 0 saturated carbocycles. The molecule has 0 bridgehead atoms. The van der Waals surface area contributed by atoms with E-state index in [-0.39, 0.29) is 0 Å².